The highest BCUT2D eigenvalue weighted by Crippen LogP contribution is 2.30. The van der Waals surface area contributed by atoms with Crippen molar-refractivity contribution in [1.29, 1.82) is 0 Å². The fourth-order valence-electron chi connectivity index (χ4n) is 2.39. The van der Waals surface area contributed by atoms with Gasteiger partial charge in [-0.25, -0.2) is 8.42 Å². The number of sulfonamides is 1. The molecule has 1 aliphatic heterocycles. The zero-order valence-corrected chi connectivity index (χ0v) is 14.8. The van der Waals surface area contributed by atoms with Crippen LogP contribution in [0.5, 0.6) is 11.5 Å². The van der Waals surface area contributed by atoms with Gasteiger partial charge >= 0.3 is 5.97 Å². The minimum absolute atomic E-state index is 0.112. The molecule has 0 atom stereocenters. The monoisotopic (exact) mass is 392 g/mol. The van der Waals surface area contributed by atoms with Gasteiger partial charge in [-0.3, -0.25) is 15.0 Å². The number of fused-ring (bicyclic) bond motifs is 1. The quantitative estimate of drug-likeness (QED) is 0.617. The van der Waals surface area contributed by atoms with E-state index >= 15 is 0 Å². The molecule has 0 aromatic heterocycles. The number of carbonyl (C=O) groups is 2. The molecular weight excluding hydrogens is 376 g/mol. The van der Waals surface area contributed by atoms with Crippen molar-refractivity contribution in [3.63, 3.8) is 0 Å². The highest BCUT2D eigenvalue weighted by Gasteiger charge is 2.18. The van der Waals surface area contributed by atoms with Crippen LogP contribution in [0.2, 0.25) is 0 Å². The molecule has 3 rings (SSSR count). The Morgan fingerprint density at radius 3 is 2.33 bits per heavy atom. The van der Waals surface area contributed by atoms with Crippen LogP contribution >= 0.6 is 0 Å². The smallest absolute Gasteiger partial charge is 0.307 e. The first-order valence-electron chi connectivity index (χ1n) is 7.88. The minimum Gasteiger partial charge on any atom is -0.486 e. The molecule has 0 unspecified atom stereocenters. The Hall–Kier alpha value is -3.11. The van der Waals surface area contributed by atoms with E-state index in [2.05, 4.69) is 5.43 Å². The topological polar surface area (TPSA) is 131 Å². The fraction of sp³-hybridized carbons (Fsp3) is 0.176. The number of amides is 1. The molecule has 0 saturated heterocycles. The van der Waals surface area contributed by atoms with Gasteiger partial charge in [0.2, 0.25) is 0 Å². The number of carbonyl (C=O) groups excluding carboxylic acids is 1. The number of nitrogens with one attached hydrogen (secondary N) is 2. The largest absolute Gasteiger partial charge is 0.486 e. The molecule has 0 fully saturated rings. The Balaban J connectivity index is 1.66. The Morgan fingerprint density at radius 1 is 1.00 bits per heavy atom. The van der Waals surface area contributed by atoms with Gasteiger partial charge in [-0.1, -0.05) is 12.1 Å². The number of aliphatic carboxylic acids is 1. The molecule has 0 bridgehead atoms. The highest BCUT2D eigenvalue weighted by molar-refractivity contribution is 7.89. The standard InChI is InChI=1S/C17H16N2O7S/c20-16(21)9-11-1-4-13(5-2-11)27(23,24)19-18-17(22)12-3-6-14-15(10-12)26-8-7-25-14/h1-6,10,19H,7-9H2,(H,18,22)(H,20,21). The average molecular weight is 392 g/mol. The van der Waals surface area contributed by atoms with E-state index in [-0.39, 0.29) is 16.9 Å². The SMILES string of the molecule is O=C(O)Cc1ccc(S(=O)(=O)NNC(=O)c2ccc3c(c2)OCCO3)cc1. The van der Waals surface area contributed by atoms with Crippen LogP contribution in [0.25, 0.3) is 0 Å². The second kappa shape index (κ2) is 7.64. The van der Waals surface area contributed by atoms with Crippen LogP contribution in [0.4, 0.5) is 0 Å². The lowest BCUT2D eigenvalue weighted by atomic mass is 10.2. The van der Waals surface area contributed by atoms with Crippen molar-refractivity contribution in [2.75, 3.05) is 13.2 Å². The van der Waals surface area contributed by atoms with E-state index in [9.17, 15) is 18.0 Å². The molecule has 10 heteroatoms. The first kappa shape index (κ1) is 18.7. The molecule has 142 valence electrons. The Kier molecular flexibility index (Phi) is 5.28. The third-order valence-corrected chi connectivity index (χ3v) is 4.96. The van der Waals surface area contributed by atoms with Crippen LogP contribution < -0.4 is 19.7 Å². The summed E-state index contributed by atoms with van der Waals surface area (Å²) >= 11 is 0. The molecular formula is C17H16N2O7S. The van der Waals surface area contributed by atoms with Gasteiger partial charge in [-0.2, -0.15) is 0 Å². The summed E-state index contributed by atoms with van der Waals surface area (Å²) < 4.78 is 35.2. The van der Waals surface area contributed by atoms with Crippen molar-refractivity contribution >= 4 is 21.9 Å². The van der Waals surface area contributed by atoms with Crippen LogP contribution in [-0.2, 0) is 21.2 Å². The molecule has 1 heterocycles. The average Bonchev–Trinajstić information content (AvgIpc) is 2.66. The molecule has 0 spiro atoms. The summed E-state index contributed by atoms with van der Waals surface area (Å²) in [5.41, 5.74) is 2.78. The maximum Gasteiger partial charge on any atom is 0.307 e. The minimum atomic E-state index is -4.01. The maximum atomic E-state index is 12.2. The van der Waals surface area contributed by atoms with Crippen LogP contribution in [-0.4, -0.2) is 38.6 Å². The summed E-state index contributed by atoms with van der Waals surface area (Å²) in [6, 6.07) is 9.82. The van der Waals surface area contributed by atoms with Gasteiger partial charge in [0, 0.05) is 5.56 Å². The fourth-order valence-corrected chi connectivity index (χ4v) is 3.23. The van der Waals surface area contributed by atoms with Crippen LogP contribution in [0.3, 0.4) is 0 Å². The Morgan fingerprint density at radius 2 is 1.67 bits per heavy atom. The number of hydrazine groups is 1. The van der Waals surface area contributed by atoms with Crippen molar-refractivity contribution in [2.45, 2.75) is 11.3 Å². The Labute approximate surface area is 154 Å². The number of ether oxygens (including phenoxy) is 2. The van der Waals surface area contributed by atoms with Gasteiger partial charge in [0.1, 0.15) is 13.2 Å². The lowest BCUT2D eigenvalue weighted by molar-refractivity contribution is -0.136. The summed E-state index contributed by atoms with van der Waals surface area (Å²) in [6.45, 7) is 0.784. The van der Waals surface area contributed by atoms with Crippen molar-refractivity contribution in [3.8, 4) is 11.5 Å². The van der Waals surface area contributed by atoms with Gasteiger partial charge < -0.3 is 14.6 Å². The molecule has 27 heavy (non-hydrogen) atoms. The van der Waals surface area contributed by atoms with Gasteiger partial charge in [-0.15, -0.1) is 4.83 Å². The van der Waals surface area contributed by atoms with Gasteiger partial charge in [0.05, 0.1) is 11.3 Å². The number of benzene rings is 2. The summed E-state index contributed by atoms with van der Waals surface area (Å²) in [5.74, 6) is -0.765. The second-order valence-electron chi connectivity index (χ2n) is 5.63. The molecule has 3 N–H and O–H groups in total. The van der Waals surface area contributed by atoms with Crippen molar-refractivity contribution in [2.24, 2.45) is 0 Å². The molecule has 1 amide bonds. The normalized spacial score (nSPS) is 13.0. The van der Waals surface area contributed by atoms with E-state index in [4.69, 9.17) is 14.6 Å². The van der Waals surface area contributed by atoms with Gasteiger partial charge in [-0.05, 0) is 35.9 Å². The van der Waals surface area contributed by atoms with E-state index < -0.39 is 21.9 Å². The molecule has 2 aromatic rings. The van der Waals surface area contributed by atoms with E-state index in [1.807, 2.05) is 4.83 Å². The lowest BCUT2D eigenvalue weighted by Gasteiger charge is -2.18. The van der Waals surface area contributed by atoms with Crippen LogP contribution in [0.15, 0.2) is 47.4 Å². The van der Waals surface area contributed by atoms with E-state index in [1.54, 1.807) is 6.07 Å². The number of hydrogen-bond acceptors (Lipinski definition) is 6. The first-order chi connectivity index (χ1) is 12.8. The summed E-state index contributed by atoms with van der Waals surface area (Å²) in [4.78, 5) is 24.7. The van der Waals surface area contributed by atoms with E-state index in [1.165, 1.54) is 36.4 Å². The summed E-state index contributed by atoms with van der Waals surface area (Å²) in [6.07, 6.45) is -0.214. The van der Waals surface area contributed by atoms with Gasteiger partial charge in [0.15, 0.2) is 11.5 Å². The number of carboxylic acids is 1. The molecule has 0 saturated carbocycles. The third-order valence-electron chi connectivity index (χ3n) is 3.69. The zero-order valence-electron chi connectivity index (χ0n) is 14.0. The van der Waals surface area contributed by atoms with E-state index in [0.29, 0.717) is 30.3 Å². The second-order valence-corrected chi connectivity index (χ2v) is 7.31. The summed E-state index contributed by atoms with van der Waals surface area (Å²) in [5, 5.41) is 8.73. The van der Waals surface area contributed by atoms with Crippen molar-refractivity contribution in [3.05, 3.63) is 53.6 Å². The number of hydrogen-bond donors (Lipinski definition) is 3. The van der Waals surface area contributed by atoms with Crippen molar-refractivity contribution < 1.29 is 32.6 Å². The molecule has 9 nitrogen and oxygen atoms in total. The van der Waals surface area contributed by atoms with E-state index in [0.717, 1.165) is 0 Å². The Bertz CT molecular complexity index is 971. The lowest BCUT2D eigenvalue weighted by Crippen LogP contribution is -2.41. The molecule has 1 aliphatic rings. The van der Waals surface area contributed by atoms with Crippen LogP contribution in [0, 0.1) is 0 Å². The third kappa shape index (κ3) is 4.54. The number of carboxylic acid groups (broad SMARTS) is 1. The first-order valence-corrected chi connectivity index (χ1v) is 9.36. The molecule has 2 aromatic carbocycles. The van der Waals surface area contributed by atoms with Crippen LogP contribution in [0.1, 0.15) is 15.9 Å². The predicted molar refractivity (Wildman–Crippen MR) is 93.0 cm³/mol. The zero-order chi connectivity index (χ0) is 19.4. The highest BCUT2D eigenvalue weighted by atomic mass is 32.2. The maximum absolute atomic E-state index is 12.2. The molecule has 0 aliphatic carbocycles. The predicted octanol–water partition coefficient (Wildman–Crippen LogP) is 0.708. The number of rotatable bonds is 6. The van der Waals surface area contributed by atoms with Crippen molar-refractivity contribution in [1.82, 2.24) is 10.3 Å². The summed E-state index contributed by atoms with van der Waals surface area (Å²) in [7, 11) is -4.01. The van der Waals surface area contributed by atoms with Gasteiger partial charge in [0.25, 0.3) is 15.9 Å². The molecule has 0 radical (unpaired) electrons.